The molecule has 1 saturated carbocycles. The van der Waals surface area contributed by atoms with Gasteiger partial charge in [0.15, 0.2) is 0 Å². The van der Waals surface area contributed by atoms with Crippen molar-refractivity contribution in [1.29, 1.82) is 0 Å². The van der Waals surface area contributed by atoms with E-state index in [9.17, 15) is 18.3 Å². The van der Waals surface area contributed by atoms with Gasteiger partial charge in [-0.25, -0.2) is 17.9 Å². The van der Waals surface area contributed by atoms with Gasteiger partial charge in [-0.2, -0.15) is 0 Å². The predicted octanol–water partition coefficient (Wildman–Crippen LogP) is 2.77. The van der Waals surface area contributed by atoms with Gasteiger partial charge in [-0.15, -0.1) is 0 Å². The summed E-state index contributed by atoms with van der Waals surface area (Å²) in [5, 5.41) is 9.22. The van der Waals surface area contributed by atoms with Gasteiger partial charge in [-0.3, -0.25) is 0 Å². The number of nitrogens with one attached hydrogen (secondary N) is 1. The van der Waals surface area contributed by atoms with Crippen LogP contribution in [0.4, 0.5) is 0 Å². The highest BCUT2D eigenvalue weighted by Gasteiger charge is 2.45. The quantitative estimate of drug-likeness (QED) is 0.772. The molecule has 140 valence electrons. The number of carbonyl (C=O) groups is 1. The smallest absolute Gasteiger partial charge is 0.335 e. The van der Waals surface area contributed by atoms with E-state index in [4.69, 9.17) is 4.74 Å². The van der Waals surface area contributed by atoms with Crippen LogP contribution in [0.25, 0.3) is 5.57 Å². The van der Waals surface area contributed by atoms with E-state index in [1.54, 1.807) is 42.5 Å². The van der Waals surface area contributed by atoms with Gasteiger partial charge in [-0.1, -0.05) is 43.0 Å². The van der Waals surface area contributed by atoms with Crippen LogP contribution in [0.5, 0.6) is 5.75 Å². The van der Waals surface area contributed by atoms with Crippen LogP contribution in [0.15, 0.2) is 60.0 Å². The zero-order chi connectivity index (χ0) is 19.2. The van der Waals surface area contributed by atoms with Crippen LogP contribution < -0.4 is 9.46 Å². The van der Waals surface area contributed by atoms with Crippen LogP contribution in [-0.2, 0) is 14.8 Å². The summed E-state index contributed by atoms with van der Waals surface area (Å²) < 4.78 is 33.9. The van der Waals surface area contributed by atoms with E-state index in [-0.39, 0.29) is 28.5 Å². The molecule has 1 aliphatic heterocycles. The van der Waals surface area contributed by atoms with Gasteiger partial charge >= 0.3 is 5.97 Å². The first-order valence-electron chi connectivity index (χ1n) is 8.66. The SMILES string of the molecule is C=C(C(=O)O)c1cccc2c1OC1CC(NS(=O)(=O)c3ccccc3)CC21. The number of ether oxygens (including phenoxy) is 1. The lowest BCUT2D eigenvalue weighted by atomic mass is 9.94. The largest absolute Gasteiger partial charge is 0.489 e. The lowest BCUT2D eigenvalue weighted by molar-refractivity contribution is -0.130. The first-order chi connectivity index (χ1) is 12.9. The van der Waals surface area contributed by atoms with E-state index in [0.29, 0.717) is 24.2 Å². The van der Waals surface area contributed by atoms with E-state index in [1.807, 2.05) is 6.07 Å². The summed E-state index contributed by atoms with van der Waals surface area (Å²) >= 11 is 0. The lowest BCUT2D eigenvalue weighted by Crippen LogP contribution is -2.33. The molecule has 0 radical (unpaired) electrons. The van der Waals surface area contributed by atoms with Crippen molar-refractivity contribution in [3.8, 4) is 5.75 Å². The van der Waals surface area contributed by atoms with Crippen molar-refractivity contribution < 1.29 is 23.1 Å². The van der Waals surface area contributed by atoms with Crippen molar-refractivity contribution >= 4 is 21.6 Å². The van der Waals surface area contributed by atoms with Crippen molar-refractivity contribution in [1.82, 2.24) is 4.72 Å². The van der Waals surface area contributed by atoms with Crippen LogP contribution in [0.2, 0.25) is 0 Å². The third-order valence-corrected chi connectivity index (χ3v) is 6.71. The minimum absolute atomic E-state index is 0.00634. The highest BCUT2D eigenvalue weighted by molar-refractivity contribution is 7.89. The molecule has 0 saturated heterocycles. The Hall–Kier alpha value is -2.64. The molecule has 1 aliphatic carbocycles. The molecule has 4 rings (SSSR count). The first kappa shape index (κ1) is 17.8. The summed E-state index contributed by atoms with van der Waals surface area (Å²) in [4.78, 5) is 11.5. The van der Waals surface area contributed by atoms with Crippen LogP contribution >= 0.6 is 0 Å². The van der Waals surface area contributed by atoms with Crippen molar-refractivity contribution in [3.05, 3.63) is 66.2 Å². The average molecular weight is 385 g/mol. The summed E-state index contributed by atoms with van der Waals surface area (Å²) in [5.74, 6) is -0.494. The van der Waals surface area contributed by atoms with Crippen LogP contribution in [0.3, 0.4) is 0 Å². The number of rotatable bonds is 5. The molecule has 2 aromatic carbocycles. The van der Waals surface area contributed by atoms with Gasteiger partial charge in [0.05, 0.1) is 10.5 Å². The number of benzene rings is 2. The van der Waals surface area contributed by atoms with E-state index < -0.39 is 16.0 Å². The molecule has 0 bridgehead atoms. The third-order valence-electron chi connectivity index (χ3n) is 5.18. The number of carboxylic acid groups (broad SMARTS) is 1. The van der Waals surface area contributed by atoms with Crippen LogP contribution in [0, 0.1) is 0 Å². The molecule has 0 spiro atoms. The fourth-order valence-electron chi connectivity index (χ4n) is 3.92. The zero-order valence-corrected chi connectivity index (χ0v) is 15.3. The number of para-hydroxylation sites is 1. The summed E-state index contributed by atoms with van der Waals surface area (Å²) in [6, 6.07) is 13.4. The molecule has 27 heavy (non-hydrogen) atoms. The molecule has 2 N–H and O–H groups in total. The highest BCUT2D eigenvalue weighted by Crippen LogP contribution is 2.49. The third kappa shape index (κ3) is 3.13. The molecule has 7 heteroatoms. The number of hydrogen-bond acceptors (Lipinski definition) is 4. The fraction of sp³-hybridized carbons (Fsp3) is 0.250. The number of hydrogen-bond donors (Lipinski definition) is 2. The molecule has 2 aromatic rings. The molecule has 3 atom stereocenters. The maximum atomic E-state index is 12.5. The molecule has 1 fully saturated rings. The Kier molecular flexibility index (Phi) is 4.28. The van der Waals surface area contributed by atoms with Gasteiger partial charge in [-0.05, 0) is 18.6 Å². The topological polar surface area (TPSA) is 92.7 Å². The Bertz CT molecular complexity index is 1020. The Morgan fingerprint density at radius 3 is 2.56 bits per heavy atom. The summed E-state index contributed by atoms with van der Waals surface area (Å²) in [6.45, 7) is 3.62. The van der Waals surface area contributed by atoms with E-state index >= 15 is 0 Å². The second-order valence-corrected chi connectivity index (χ2v) is 8.59. The molecular formula is C20H19NO5S. The number of fused-ring (bicyclic) bond motifs is 3. The van der Waals surface area contributed by atoms with Gasteiger partial charge < -0.3 is 9.84 Å². The van der Waals surface area contributed by atoms with Gasteiger partial charge in [0.2, 0.25) is 10.0 Å². The Morgan fingerprint density at radius 2 is 1.85 bits per heavy atom. The first-order valence-corrected chi connectivity index (χ1v) is 10.1. The molecule has 0 aromatic heterocycles. The monoisotopic (exact) mass is 385 g/mol. The standard InChI is InChI=1S/C20H19NO5S/c1-12(20(22)23)15-8-5-9-16-17-10-13(11-18(17)26-19(15)16)21-27(24,25)14-6-3-2-4-7-14/h2-9,13,17-18,21H,1,10-11H2,(H,22,23). The van der Waals surface area contributed by atoms with Crippen molar-refractivity contribution in [3.63, 3.8) is 0 Å². The Balaban J connectivity index is 1.55. The lowest BCUT2D eigenvalue weighted by Gasteiger charge is -2.16. The molecule has 3 unspecified atom stereocenters. The number of sulfonamides is 1. The summed E-state index contributed by atoms with van der Waals surface area (Å²) in [7, 11) is -3.58. The zero-order valence-electron chi connectivity index (χ0n) is 14.5. The van der Waals surface area contributed by atoms with Gasteiger partial charge in [0, 0.05) is 29.5 Å². The molecular weight excluding hydrogens is 366 g/mol. The van der Waals surface area contributed by atoms with E-state index in [1.165, 1.54) is 0 Å². The van der Waals surface area contributed by atoms with Crippen molar-refractivity contribution in [2.75, 3.05) is 0 Å². The molecule has 2 aliphatic rings. The van der Waals surface area contributed by atoms with E-state index in [0.717, 1.165) is 5.56 Å². The van der Waals surface area contributed by atoms with Crippen molar-refractivity contribution in [2.45, 2.75) is 35.8 Å². The summed E-state index contributed by atoms with van der Waals surface area (Å²) in [6.07, 6.45) is 0.961. The maximum absolute atomic E-state index is 12.5. The Morgan fingerprint density at radius 1 is 1.11 bits per heavy atom. The normalized spacial score (nSPS) is 23.3. The minimum Gasteiger partial charge on any atom is -0.489 e. The summed E-state index contributed by atoms with van der Waals surface area (Å²) in [5.41, 5.74) is 1.39. The molecule has 1 heterocycles. The average Bonchev–Trinajstić information content (AvgIpc) is 3.18. The maximum Gasteiger partial charge on any atom is 0.335 e. The van der Waals surface area contributed by atoms with Gasteiger partial charge in [0.1, 0.15) is 11.9 Å². The minimum atomic E-state index is -3.58. The fourth-order valence-corrected chi connectivity index (χ4v) is 5.21. The second-order valence-electron chi connectivity index (χ2n) is 6.87. The van der Waals surface area contributed by atoms with Crippen molar-refractivity contribution in [2.24, 2.45) is 0 Å². The second kappa shape index (κ2) is 6.51. The number of aliphatic carboxylic acids is 1. The van der Waals surface area contributed by atoms with Crippen LogP contribution in [-0.4, -0.2) is 31.6 Å². The highest BCUT2D eigenvalue weighted by atomic mass is 32.2. The van der Waals surface area contributed by atoms with E-state index in [2.05, 4.69) is 11.3 Å². The molecule has 6 nitrogen and oxygen atoms in total. The Labute approximate surface area is 157 Å². The van der Waals surface area contributed by atoms with Gasteiger partial charge in [0.25, 0.3) is 0 Å². The predicted molar refractivity (Wildman–Crippen MR) is 100 cm³/mol. The number of carboxylic acids is 1. The van der Waals surface area contributed by atoms with Crippen LogP contribution in [0.1, 0.15) is 29.9 Å². The molecule has 0 amide bonds.